The molecule has 1 fully saturated rings. The number of rotatable bonds is 4. The lowest BCUT2D eigenvalue weighted by Crippen LogP contribution is -2.40. The molecular weight excluding hydrogens is 286 g/mol. The molecule has 118 valence electrons. The second kappa shape index (κ2) is 5.50. The fourth-order valence-corrected chi connectivity index (χ4v) is 3.93. The lowest BCUT2D eigenvalue weighted by Gasteiger charge is -2.34. The molecular formula is C20H21NO2. The van der Waals surface area contributed by atoms with Crippen molar-refractivity contribution >= 4 is 5.91 Å². The van der Waals surface area contributed by atoms with Gasteiger partial charge in [0.05, 0.1) is 12.6 Å². The van der Waals surface area contributed by atoms with E-state index in [9.17, 15) is 4.79 Å². The van der Waals surface area contributed by atoms with Gasteiger partial charge < -0.3 is 4.74 Å². The van der Waals surface area contributed by atoms with Crippen molar-refractivity contribution in [1.82, 2.24) is 4.90 Å². The normalized spacial score (nSPS) is 25.5. The molecule has 2 heterocycles. The van der Waals surface area contributed by atoms with E-state index >= 15 is 0 Å². The van der Waals surface area contributed by atoms with E-state index in [0.717, 1.165) is 36.0 Å². The molecule has 0 aliphatic carbocycles. The van der Waals surface area contributed by atoms with Gasteiger partial charge in [-0.25, -0.2) is 0 Å². The van der Waals surface area contributed by atoms with Crippen LogP contribution in [0.1, 0.15) is 53.7 Å². The molecule has 0 aromatic heterocycles. The number of nitrogens with zero attached hydrogens (tertiary/aromatic N) is 1. The quantitative estimate of drug-likeness (QED) is 0.845. The van der Waals surface area contributed by atoms with Crippen LogP contribution in [0.25, 0.3) is 0 Å². The molecule has 0 saturated carbocycles. The number of hydrogen-bond acceptors (Lipinski definition) is 2. The van der Waals surface area contributed by atoms with Gasteiger partial charge in [-0.05, 0) is 24.5 Å². The van der Waals surface area contributed by atoms with Crippen LogP contribution >= 0.6 is 0 Å². The zero-order chi connectivity index (χ0) is 15.9. The average molecular weight is 307 g/mol. The molecule has 2 atom stereocenters. The lowest BCUT2D eigenvalue weighted by molar-refractivity contribution is -0.0748. The van der Waals surface area contributed by atoms with Crippen LogP contribution in [0.15, 0.2) is 54.6 Å². The van der Waals surface area contributed by atoms with E-state index in [-0.39, 0.29) is 11.9 Å². The Hall–Kier alpha value is -2.13. The van der Waals surface area contributed by atoms with Crippen LogP contribution in [0.2, 0.25) is 0 Å². The molecule has 2 unspecified atom stereocenters. The Balaban J connectivity index is 1.81. The van der Waals surface area contributed by atoms with Gasteiger partial charge in [0.25, 0.3) is 5.91 Å². The van der Waals surface area contributed by atoms with Gasteiger partial charge in [-0.2, -0.15) is 0 Å². The first-order valence-corrected chi connectivity index (χ1v) is 8.40. The Morgan fingerprint density at radius 1 is 1.13 bits per heavy atom. The molecule has 4 rings (SSSR count). The number of ether oxygens (including phenoxy) is 1. The Morgan fingerprint density at radius 3 is 2.65 bits per heavy atom. The Labute approximate surface area is 136 Å². The average Bonchev–Trinajstić information content (AvgIpc) is 3.10. The zero-order valence-corrected chi connectivity index (χ0v) is 13.4. The molecule has 2 aliphatic heterocycles. The standard InChI is InChI=1S/C20H21NO2/c1-2-3-13-20-17-12-8-7-11-16(17)19(22)21(20)18(14-23-20)15-9-5-4-6-10-15/h4-12,18H,2-3,13-14H2,1H3. The van der Waals surface area contributed by atoms with Gasteiger partial charge in [0.1, 0.15) is 0 Å². The molecule has 0 bridgehead atoms. The Morgan fingerprint density at radius 2 is 1.87 bits per heavy atom. The predicted octanol–water partition coefficient (Wildman–Crippen LogP) is 4.26. The molecule has 2 aliphatic rings. The minimum atomic E-state index is -0.579. The van der Waals surface area contributed by atoms with Crippen LogP contribution < -0.4 is 0 Å². The van der Waals surface area contributed by atoms with Gasteiger partial charge in [-0.3, -0.25) is 9.69 Å². The highest BCUT2D eigenvalue weighted by molar-refractivity contribution is 6.00. The first-order valence-electron chi connectivity index (χ1n) is 8.40. The van der Waals surface area contributed by atoms with Crippen LogP contribution in [-0.2, 0) is 10.5 Å². The van der Waals surface area contributed by atoms with Crippen molar-refractivity contribution in [3.05, 3.63) is 71.3 Å². The number of unbranched alkanes of at least 4 members (excludes halogenated alkanes) is 1. The number of carbonyl (C=O) groups excluding carboxylic acids is 1. The number of hydrogen-bond donors (Lipinski definition) is 0. The summed E-state index contributed by atoms with van der Waals surface area (Å²) in [4.78, 5) is 15.1. The third kappa shape index (κ3) is 2.03. The van der Waals surface area contributed by atoms with Crippen molar-refractivity contribution in [2.45, 2.75) is 38.0 Å². The molecule has 1 saturated heterocycles. The van der Waals surface area contributed by atoms with Gasteiger partial charge in [0.2, 0.25) is 0 Å². The van der Waals surface area contributed by atoms with Crippen molar-refractivity contribution < 1.29 is 9.53 Å². The summed E-state index contributed by atoms with van der Waals surface area (Å²) in [6, 6.07) is 18.1. The summed E-state index contributed by atoms with van der Waals surface area (Å²) >= 11 is 0. The molecule has 1 amide bonds. The third-order valence-corrected chi connectivity index (χ3v) is 5.03. The number of carbonyl (C=O) groups is 1. The van der Waals surface area contributed by atoms with Crippen LogP contribution in [0, 0.1) is 0 Å². The summed E-state index contributed by atoms with van der Waals surface area (Å²) in [6.45, 7) is 2.74. The first-order chi connectivity index (χ1) is 11.3. The highest BCUT2D eigenvalue weighted by Gasteiger charge is 2.57. The minimum absolute atomic E-state index is 0.00652. The highest BCUT2D eigenvalue weighted by Crippen LogP contribution is 2.52. The molecule has 2 aromatic rings. The molecule has 0 N–H and O–H groups in total. The largest absolute Gasteiger partial charge is 0.349 e. The number of benzene rings is 2. The maximum atomic E-state index is 13.1. The van der Waals surface area contributed by atoms with Gasteiger partial charge >= 0.3 is 0 Å². The SMILES string of the molecule is CCCCC12OCC(c3ccccc3)N1C(=O)c1ccccc12. The van der Waals surface area contributed by atoms with Crippen molar-refractivity contribution in [2.75, 3.05) is 6.61 Å². The summed E-state index contributed by atoms with van der Waals surface area (Å²) in [6.07, 6.45) is 2.99. The molecule has 3 nitrogen and oxygen atoms in total. The monoisotopic (exact) mass is 307 g/mol. The van der Waals surface area contributed by atoms with E-state index in [2.05, 4.69) is 25.1 Å². The van der Waals surface area contributed by atoms with Gasteiger partial charge in [0, 0.05) is 11.1 Å². The summed E-state index contributed by atoms with van der Waals surface area (Å²) in [5.41, 5.74) is 2.40. The van der Waals surface area contributed by atoms with Crippen molar-refractivity contribution in [3.63, 3.8) is 0 Å². The van der Waals surface area contributed by atoms with Crippen molar-refractivity contribution in [3.8, 4) is 0 Å². The zero-order valence-electron chi connectivity index (χ0n) is 13.4. The fraction of sp³-hybridized carbons (Fsp3) is 0.350. The Kier molecular flexibility index (Phi) is 3.46. The Bertz CT molecular complexity index is 727. The van der Waals surface area contributed by atoms with Gasteiger partial charge in [-0.1, -0.05) is 61.9 Å². The topological polar surface area (TPSA) is 29.5 Å². The van der Waals surface area contributed by atoms with Crippen molar-refractivity contribution in [2.24, 2.45) is 0 Å². The van der Waals surface area contributed by atoms with Crippen LogP contribution in [0.5, 0.6) is 0 Å². The molecule has 0 spiro atoms. The van der Waals surface area contributed by atoms with E-state index < -0.39 is 5.72 Å². The molecule has 0 radical (unpaired) electrons. The minimum Gasteiger partial charge on any atom is -0.349 e. The summed E-state index contributed by atoms with van der Waals surface area (Å²) in [7, 11) is 0. The maximum Gasteiger partial charge on any atom is 0.257 e. The first kappa shape index (κ1) is 14.5. The lowest BCUT2D eigenvalue weighted by atomic mass is 9.96. The number of amides is 1. The summed E-state index contributed by atoms with van der Waals surface area (Å²) in [5.74, 6) is 0.100. The fourth-order valence-electron chi connectivity index (χ4n) is 3.93. The van der Waals surface area contributed by atoms with Gasteiger partial charge in [0.15, 0.2) is 5.72 Å². The van der Waals surface area contributed by atoms with Crippen LogP contribution in [-0.4, -0.2) is 17.4 Å². The summed E-state index contributed by atoms with van der Waals surface area (Å²) in [5, 5.41) is 0. The molecule has 23 heavy (non-hydrogen) atoms. The summed E-state index contributed by atoms with van der Waals surface area (Å²) < 4.78 is 6.34. The van der Waals surface area contributed by atoms with E-state index in [4.69, 9.17) is 4.74 Å². The third-order valence-electron chi connectivity index (χ3n) is 5.03. The van der Waals surface area contributed by atoms with Crippen LogP contribution in [0.3, 0.4) is 0 Å². The van der Waals surface area contributed by atoms with E-state index in [1.165, 1.54) is 0 Å². The molecule has 2 aromatic carbocycles. The van der Waals surface area contributed by atoms with E-state index in [1.54, 1.807) is 0 Å². The second-order valence-electron chi connectivity index (χ2n) is 6.35. The predicted molar refractivity (Wildman–Crippen MR) is 88.9 cm³/mol. The number of fused-ring (bicyclic) bond motifs is 3. The highest BCUT2D eigenvalue weighted by atomic mass is 16.5. The maximum absolute atomic E-state index is 13.1. The van der Waals surface area contributed by atoms with Crippen molar-refractivity contribution in [1.29, 1.82) is 0 Å². The van der Waals surface area contributed by atoms with E-state index in [1.807, 2.05) is 41.3 Å². The molecule has 3 heteroatoms. The smallest absolute Gasteiger partial charge is 0.257 e. The van der Waals surface area contributed by atoms with Gasteiger partial charge in [-0.15, -0.1) is 0 Å². The second-order valence-corrected chi connectivity index (χ2v) is 6.35. The van der Waals surface area contributed by atoms with E-state index in [0.29, 0.717) is 6.61 Å². The van der Waals surface area contributed by atoms with Crippen LogP contribution in [0.4, 0.5) is 0 Å².